The number of nitrogens with two attached hydrogens (primary N) is 1. The summed E-state index contributed by atoms with van der Waals surface area (Å²) in [5.74, 6) is 0. The molecule has 0 saturated carbocycles. The molecule has 2 aromatic rings. The molecular formula is C15H20N4O. The third-order valence-electron chi connectivity index (χ3n) is 3.62. The zero-order valence-corrected chi connectivity index (χ0v) is 11.5. The van der Waals surface area contributed by atoms with E-state index in [2.05, 4.69) is 38.7 Å². The van der Waals surface area contributed by atoms with Gasteiger partial charge in [0.05, 0.1) is 19.5 Å². The number of hydrogen-bond donors (Lipinski definition) is 1. The average molecular weight is 272 g/mol. The maximum absolute atomic E-state index is 5.63. The van der Waals surface area contributed by atoms with Gasteiger partial charge >= 0.3 is 0 Å². The number of imidazole rings is 1. The second-order valence-corrected chi connectivity index (χ2v) is 4.91. The van der Waals surface area contributed by atoms with Crippen molar-refractivity contribution >= 4 is 5.69 Å². The molecule has 2 heterocycles. The van der Waals surface area contributed by atoms with Crippen molar-refractivity contribution in [2.75, 3.05) is 37.7 Å². The van der Waals surface area contributed by atoms with E-state index in [0.29, 0.717) is 6.54 Å². The predicted octanol–water partition coefficient (Wildman–Crippen LogP) is 1.21. The topological polar surface area (TPSA) is 56.3 Å². The van der Waals surface area contributed by atoms with E-state index in [1.54, 1.807) is 0 Å². The minimum Gasteiger partial charge on any atom is -0.378 e. The van der Waals surface area contributed by atoms with Gasteiger partial charge < -0.3 is 19.9 Å². The first-order valence-electron chi connectivity index (χ1n) is 7.03. The van der Waals surface area contributed by atoms with Gasteiger partial charge in [-0.15, -0.1) is 0 Å². The van der Waals surface area contributed by atoms with Gasteiger partial charge in [0, 0.05) is 42.8 Å². The van der Waals surface area contributed by atoms with Crippen molar-refractivity contribution in [3.8, 4) is 5.69 Å². The van der Waals surface area contributed by atoms with Crippen LogP contribution in [-0.4, -0.2) is 42.4 Å². The summed E-state index contributed by atoms with van der Waals surface area (Å²) in [5.41, 5.74) is 9.15. The number of ether oxygens (including phenoxy) is 1. The number of morpholine rings is 1. The van der Waals surface area contributed by atoms with Crippen molar-refractivity contribution in [1.82, 2.24) is 9.55 Å². The lowest BCUT2D eigenvalue weighted by atomic mass is 10.2. The third kappa shape index (κ3) is 2.69. The first-order chi connectivity index (χ1) is 9.88. The maximum Gasteiger partial charge on any atom is 0.0994 e. The van der Waals surface area contributed by atoms with Crippen LogP contribution in [-0.2, 0) is 11.2 Å². The average Bonchev–Trinajstić information content (AvgIpc) is 2.97. The number of nitrogens with zero attached hydrogens (tertiary/aromatic N) is 3. The van der Waals surface area contributed by atoms with E-state index in [-0.39, 0.29) is 0 Å². The molecule has 2 N–H and O–H groups in total. The molecule has 5 heteroatoms. The van der Waals surface area contributed by atoms with Crippen molar-refractivity contribution in [2.24, 2.45) is 5.73 Å². The number of aromatic nitrogens is 2. The van der Waals surface area contributed by atoms with E-state index in [4.69, 9.17) is 10.5 Å². The van der Waals surface area contributed by atoms with Crippen molar-refractivity contribution in [1.29, 1.82) is 0 Å². The summed E-state index contributed by atoms with van der Waals surface area (Å²) in [6.07, 6.45) is 4.56. The van der Waals surface area contributed by atoms with Crippen LogP contribution in [0.25, 0.3) is 5.69 Å². The third-order valence-corrected chi connectivity index (χ3v) is 3.62. The van der Waals surface area contributed by atoms with Crippen LogP contribution >= 0.6 is 0 Å². The normalized spacial score (nSPS) is 15.6. The van der Waals surface area contributed by atoms with Crippen molar-refractivity contribution in [3.63, 3.8) is 0 Å². The molecule has 0 unspecified atom stereocenters. The summed E-state index contributed by atoms with van der Waals surface area (Å²) in [4.78, 5) is 6.56. The molecule has 20 heavy (non-hydrogen) atoms. The van der Waals surface area contributed by atoms with Crippen molar-refractivity contribution in [3.05, 3.63) is 42.5 Å². The summed E-state index contributed by atoms with van der Waals surface area (Å²) in [6, 6.07) is 8.58. The molecule has 0 spiro atoms. The van der Waals surface area contributed by atoms with Crippen molar-refractivity contribution < 1.29 is 4.74 Å². The molecule has 3 rings (SSSR count). The van der Waals surface area contributed by atoms with Gasteiger partial charge in [0.25, 0.3) is 0 Å². The predicted molar refractivity (Wildman–Crippen MR) is 79.4 cm³/mol. The molecule has 0 aliphatic carbocycles. The molecule has 1 aromatic carbocycles. The quantitative estimate of drug-likeness (QED) is 0.909. The van der Waals surface area contributed by atoms with Crippen LogP contribution in [0.15, 0.2) is 36.8 Å². The Hall–Kier alpha value is -1.85. The minimum atomic E-state index is 0.636. The van der Waals surface area contributed by atoms with Gasteiger partial charge in [0.1, 0.15) is 0 Å². The lowest BCUT2D eigenvalue weighted by Gasteiger charge is -2.29. The Kier molecular flexibility index (Phi) is 3.99. The maximum atomic E-state index is 5.63. The highest BCUT2D eigenvalue weighted by Crippen LogP contribution is 2.19. The highest BCUT2D eigenvalue weighted by molar-refractivity contribution is 5.51. The highest BCUT2D eigenvalue weighted by atomic mass is 16.5. The summed E-state index contributed by atoms with van der Waals surface area (Å²) in [6.45, 7) is 4.18. The Morgan fingerprint density at radius 1 is 1.10 bits per heavy atom. The summed E-state index contributed by atoms with van der Waals surface area (Å²) >= 11 is 0. The van der Waals surface area contributed by atoms with E-state index in [9.17, 15) is 0 Å². The van der Waals surface area contributed by atoms with Gasteiger partial charge in [-0.2, -0.15) is 0 Å². The summed E-state index contributed by atoms with van der Waals surface area (Å²) in [7, 11) is 0. The van der Waals surface area contributed by atoms with E-state index in [1.807, 2.05) is 12.5 Å². The van der Waals surface area contributed by atoms with Crippen LogP contribution in [0.2, 0.25) is 0 Å². The van der Waals surface area contributed by atoms with Crippen molar-refractivity contribution in [2.45, 2.75) is 6.42 Å². The first-order valence-corrected chi connectivity index (χ1v) is 7.03. The van der Waals surface area contributed by atoms with Crippen LogP contribution in [0.1, 0.15) is 5.69 Å². The van der Waals surface area contributed by atoms with Crippen LogP contribution in [0, 0.1) is 0 Å². The molecule has 1 saturated heterocycles. The number of hydrogen-bond acceptors (Lipinski definition) is 4. The largest absolute Gasteiger partial charge is 0.378 e. The van der Waals surface area contributed by atoms with Gasteiger partial charge in [0.2, 0.25) is 0 Å². The van der Waals surface area contributed by atoms with Gasteiger partial charge in [-0.05, 0) is 30.8 Å². The minimum absolute atomic E-state index is 0.636. The smallest absolute Gasteiger partial charge is 0.0994 e. The Bertz CT molecular complexity index is 543. The van der Waals surface area contributed by atoms with E-state index >= 15 is 0 Å². The first kappa shape index (κ1) is 13.1. The number of benzene rings is 1. The summed E-state index contributed by atoms with van der Waals surface area (Å²) in [5, 5.41) is 0. The van der Waals surface area contributed by atoms with Crippen LogP contribution in [0.4, 0.5) is 5.69 Å². The molecule has 0 bridgehead atoms. The molecule has 0 radical (unpaired) electrons. The fourth-order valence-electron chi connectivity index (χ4n) is 2.53. The van der Waals surface area contributed by atoms with E-state index < -0.39 is 0 Å². The Labute approximate surface area is 119 Å². The van der Waals surface area contributed by atoms with E-state index in [0.717, 1.165) is 44.1 Å². The molecule has 106 valence electrons. The van der Waals surface area contributed by atoms with Gasteiger partial charge in [0.15, 0.2) is 0 Å². The number of anilines is 1. The molecule has 1 aliphatic rings. The molecule has 0 amide bonds. The molecule has 1 fully saturated rings. The standard InChI is InChI=1S/C15H20N4O/c16-6-5-15-11-17-12-19(15)14-3-1-13(2-4-14)18-7-9-20-10-8-18/h1-4,11-12H,5-10,16H2. The van der Waals surface area contributed by atoms with Crippen LogP contribution < -0.4 is 10.6 Å². The van der Waals surface area contributed by atoms with Gasteiger partial charge in [-0.25, -0.2) is 4.98 Å². The molecular weight excluding hydrogens is 252 g/mol. The Morgan fingerprint density at radius 3 is 2.50 bits per heavy atom. The second kappa shape index (κ2) is 6.07. The highest BCUT2D eigenvalue weighted by Gasteiger charge is 2.11. The monoisotopic (exact) mass is 272 g/mol. The zero-order valence-electron chi connectivity index (χ0n) is 11.5. The molecule has 0 atom stereocenters. The fourth-order valence-corrected chi connectivity index (χ4v) is 2.53. The second-order valence-electron chi connectivity index (χ2n) is 4.91. The Morgan fingerprint density at radius 2 is 1.80 bits per heavy atom. The molecule has 5 nitrogen and oxygen atoms in total. The molecule has 1 aliphatic heterocycles. The SMILES string of the molecule is NCCc1cncn1-c1ccc(N2CCOCC2)cc1. The fraction of sp³-hybridized carbons (Fsp3) is 0.400. The Balaban J connectivity index is 1.79. The lowest BCUT2D eigenvalue weighted by molar-refractivity contribution is 0.122. The number of rotatable bonds is 4. The van der Waals surface area contributed by atoms with E-state index in [1.165, 1.54) is 5.69 Å². The summed E-state index contributed by atoms with van der Waals surface area (Å²) < 4.78 is 7.47. The lowest BCUT2D eigenvalue weighted by Crippen LogP contribution is -2.36. The van der Waals surface area contributed by atoms with Crippen LogP contribution in [0.3, 0.4) is 0 Å². The van der Waals surface area contributed by atoms with Gasteiger partial charge in [-0.3, -0.25) is 0 Å². The van der Waals surface area contributed by atoms with Crippen LogP contribution in [0.5, 0.6) is 0 Å². The van der Waals surface area contributed by atoms with Gasteiger partial charge in [-0.1, -0.05) is 0 Å². The molecule has 1 aromatic heterocycles. The zero-order chi connectivity index (χ0) is 13.8.